The number of likely N-dealkylation sites (tertiary alicyclic amines) is 1. The molecule has 7 heteroatoms. The molecule has 6 nitrogen and oxygen atoms in total. The standard InChI is InChI=1S/C12H20ClN3O3/c1-8(2)16-7-9(5-11(16)18)12(19)15-4-3-14-10(17)6-13/h8-9H,3-7H2,1-2H3,(H,14,17)(H,15,19). The molecule has 2 N–H and O–H groups in total. The van der Waals surface area contributed by atoms with Crippen LogP contribution in [0.1, 0.15) is 20.3 Å². The molecular formula is C12H20ClN3O3. The number of carbonyl (C=O) groups is 3. The molecule has 19 heavy (non-hydrogen) atoms. The topological polar surface area (TPSA) is 78.5 Å². The Morgan fingerprint density at radius 2 is 2.00 bits per heavy atom. The number of nitrogens with one attached hydrogen (secondary N) is 2. The zero-order valence-electron chi connectivity index (χ0n) is 11.2. The van der Waals surface area contributed by atoms with Crippen LogP contribution in [0.5, 0.6) is 0 Å². The fourth-order valence-corrected chi connectivity index (χ4v) is 2.08. The summed E-state index contributed by atoms with van der Waals surface area (Å²) in [6.07, 6.45) is 0.262. The van der Waals surface area contributed by atoms with Crippen LogP contribution in [0.25, 0.3) is 0 Å². The molecule has 0 aliphatic carbocycles. The van der Waals surface area contributed by atoms with Gasteiger partial charge in [0.05, 0.1) is 5.92 Å². The van der Waals surface area contributed by atoms with Gasteiger partial charge in [0.25, 0.3) is 0 Å². The zero-order valence-corrected chi connectivity index (χ0v) is 12.0. The summed E-state index contributed by atoms with van der Waals surface area (Å²) in [5.41, 5.74) is 0. The van der Waals surface area contributed by atoms with E-state index in [1.165, 1.54) is 0 Å². The number of carbonyl (C=O) groups excluding carboxylic acids is 3. The minimum absolute atomic E-state index is 0.0191. The van der Waals surface area contributed by atoms with Crippen LogP contribution in [-0.4, -0.2) is 54.2 Å². The SMILES string of the molecule is CC(C)N1CC(C(=O)NCCNC(=O)CCl)CC1=O. The molecule has 0 saturated carbocycles. The Morgan fingerprint density at radius 3 is 2.53 bits per heavy atom. The van der Waals surface area contributed by atoms with E-state index in [-0.39, 0.29) is 42.0 Å². The normalized spacial score (nSPS) is 18.8. The van der Waals surface area contributed by atoms with Crippen LogP contribution < -0.4 is 10.6 Å². The van der Waals surface area contributed by atoms with Crippen LogP contribution in [0.2, 0.25) is 0 Å². The van der Waals surface area contributed by atoms with Gasteiger partial charge in [-0.25, -0.2) is 0 Å². The van der Waals surface area contributed by atoms with Gasteiger partial charge >= 0.3 is 0 Å². The summed E-state index contributed by atoms with van der Waals surface area (Å²) in [4.78, 5) is 36.1. The molecule has 1 rings (SSSR count). The average molecular weight is 290 g/mol. The Morgan fingerprint density at radius 1 is 1.37 bits per heavy atom. The fourth-order valence-electron chi connectivity index (χ4n) is 1.99. The highest BCUT2D eigenvalue weighted by molar-refractivity contribution is 6.27. The highest BCUT2D eigenvalue weighted by Gasteiger charge is 2.35. The second kappa shape index (κ2) is 7.33. The maximum absolute atomic E-state index is 11.8. The molecule has 0 aromatic rings. The minimum atomic E-state index is -0.293. The molecule has 0 radical (unpaired) electrons. The van der Waals surface area contributed by atoms with Gasteiger partial charge in [-0.15, -0.1) is 11.6 Å². The number of amides is 3. The molecular weight excluding hydrogens is 270 g/mol. The van der Waals surface area contributed by atoms with E-state index in [0.29, 0.717) is 19.6 Å². The highest BCUT2D eigenvalue weighted by Crippen LogP contribution is 2.19. The number of nitrogens with zero attached hydrogens (tertiary/aromatic N) is 1. The van der Waals surface area contributed by atoms with Crippen LogP contribution in [-0.2, 0) is 14.4 Å². The van der Waals surface area contributed by atoms with Crippen LogP contribution in [0.3, 0.4) is 0 Å². The van der Waals surface area contributed by atoms with Crippen molar-refractivity contribution in [3.63, 3.8) is 0 Å². The van der Waals surface area contributed by atoms with Crippen molar-refractivity contribution in [1.82, 2.24) is 15.5 Å². The Bertz CT molecular complexity index is 360. The number of alkyl halides is 1. The fraction of sp³-hybridized carbons (Fsp3) is 0.750. The molecule has 0 spiro atoms. The molecule has 1 fully saturated rings. The van der Waals surface area contributed by atoms with Crippen LogP contribution >= 0.6 is 11.6 Å². The van der Waals surface area contributed by atoms with Gasteiger partial charge in [0.1, 0.15) is 5.88 Å². The zero-order chi connectivity index (χ0) is 14.4. The summed E-state index contributed by atoms with van der Waals surface area (Å²) in [5.74, 6) is -0.771. The van der Waals surface area contributed by atoms with Crippen molar-refractivity contribution in [3.8, 4) is 0 Å². The third-order valence-electron chi connectivity index (χ3n) is 3.02. The first kappa shape index (κ1) is 15.8. The van der Waals surface area contributed by atoms with Gasteiger partial charge in [-0.3, -0.25) is 14.4 Å². The molecule has 0 aromatic carbocycles. The van der Waals surface area contributed by atoms with E-state index >= 15 is 0 Å². The van der Waals surface area contributed by atoms with E-state index in [4.69, 9.17) is 11.6 Å². The van der Waals surface area contributed by atoms with Gasteiger partial charge in [-0.05, 0) is 13.8 Å². The molecule has 0 bridgehead atoms. The molecule has 1 unspecified atom stereocenters. The Hall–Kier alpha value is -1.30. The van der Waals surface area contributed by atoms with Crippen LogP contribution in [0.15, 0.2) is 0 Å². The summed E-state index contributed by atoms with van der Waals surface area (Å²) >= 11 is 5.32. The second-order valence-corrected chi connectivity index (χ2v) is 5.08. The van der Waals surface area contributed by atoms with Crippen LogP contribution in [0.4, 0.5) is 0 Å². The largest absolute Gasteiger partial charge is 0.354 e. The van der Waals surface area contributed by atoms with Gasteiger partial charge in [-0.1, -0.05) is 0 Å². The lowest BCUT2D eigenvalue weighted by Crippen LogP contribution is -2.39. The average Bonchev–Trinajstić information content (AvgIpc) is 2.76. The van der Waals surface area contributed by atoms with Crippen molar-refractivity contribution in [2.75, 3.05) is 25.5 Å². The molecule has 108 valence electrons. The molecule has 1 aliphatic heterocycles. The van der Waals surface area contributed by atoms with Crippen molar-refractivity contribution in [1.29, 1.82) is 0 Å². The smallest absolute Gasteiger partial charge is 0.234 e. The van der Waals surface area contributed by atoms with Gasteiger partial charge in [0.15, 0.2) is 0 Å². The lowest BCUT2D eigenvalue weighted by atomic mass is 10.1. The third kappa shape index (κ3) is 4.70. The Labute approximate surface area is 117 Å². The van der Waals surface area contributed by atoms with Crippen LogP contribution in [0, 0.1) is 5.92 Å². The van der Waals surface area contributed by atoms with Crippen molar-refractivity contribution in [2.24, 2.45) is 5.92 Å². The van der Waals surface area contributed by atoms with Gasteiger partial charge in [-0.2, -0.15) is 0 Å². The van der Waals surface area contributed by atoms with E-state index in [9.17, 15) is 14.4 Å². The predicted octanol–water partition coefficient (Wildman–Crippen LogP) is -0.285. The lowest BCUT2D eigenvalue weighted by Gasteiger charge is -2.20. The number of halogens is 1. The molecule has 1 atom stereocenters. The molecule has 3 amide bonds. The van der Waals surface area contributed by atoms with E-state index in [2.05, 4.69) is 10.6 Å². The van der Waals surface area contributed by atoms with Gasteiger partial charge in [0.2, 0.25) is 17.7 Å². The molecule has 1 saturated heterocycles. The van der Waals surface area contributed by atoms with E-state index in [0.717, 1.165) is 0 Å². The molecule has 0 aromatic heterocycles. The molecule has 1 aliphatic rings. The summed E-state index contributed by atoms with van der Waals surface area (Å²) in [6, 6.07) is 0.119. The maximum atomic E-state index is 11.8. The predicted molar refractivity (Wildman–Crippen MR) is 71.7 cm³/mol. The van der Waals surface area contributed by atoms with Gasteiger partial charge < -0.3 is 15.5 Å². The van der Waals surface area contributed by atoms with Crippen molar-refractivity contribution < 1.29 is 14.4 Å². The Kier molecular flexibility index (Phi) is 6.08. The van der Waals surface area contributed by atoms with E-state index in [1.807, 2.05) is 13.8 Å². The van der Waals surface area contributed by atoms with Gasteiger partial charge in [0, 0.05) is 32.1 Å². The first-order valence-corrected chi connectivity index (χ1v) is 6.89. The first-order chi connectivity index (χ1) is 8.95. The first-order valence-electron chi connectivity index (χ1n) is 6.35. The van der Waals surface area contributed by atoms with E-state index in [1.54, 1.807) is 4.90 Å². The number of rotatable bonds is 6. The quantitative estimate of drug-likeness (QED) is 0.521. The highest BCUT2D eigenvalue weighted by atomic mass is 35.5. The Balaban J connectivity index is 2.28. The summed E-state index contributed by atoms with van der Waals surface area (Å²) in [5, 5.41) is 5.26. The third-order valence-corrected chi connectivity index (χ3v) is 3.26. The second-order valence-electron chi connectivity index (χ2n) is 4.82. The number of hydrogen-bond acceptors (Lipinski definition) is 3. The summed E-state index contributed by atoms with van der Waals surface area (Å²) in [7, 11) is 0. The van der Waals surface area contributed by atoms with Crippen molar-refractivity contribution >= 4 is 29.3 Å². The summed E-state index contributed by atoms with van der Waals surface area (Å²) < 4.78 is 0. The van der Waals surface area contributed by atoms with E-state index < -0.39 is 0 Å². The monoisotopic (exact) mass is 289 g/mol. The summed E-state index contributed by atoms with van der Waals surface area (Å²) in [6.45, 7) is 5.01. The minimum Gasteiger partial charge on any atom is -0.354 e. The van der Waals surface area contributed by atoms with Crippen molar-refractivity contribution in [3.05, 3.63) is 0 Å². The maximum Gasteiger partial charge on any atom is 0.234 e. The molecule has 1 heterocycles. The number of hydrogen-bond donors (Lipinski definition) is 2. The van der Waals surface area contributed by atoms with Crippen molar-refractivity contribution in [2.45, 2.75) is 26.3 Å². The lowest BCUT2D eigenvalue weighted by molar-refractivity contribution is -0.129.